The van der Waals surface area contributed by atoms with Gasteiger partial charge in [0, 0.05) is 39.5 Å². The third kappa shape index (κ3) is 5.41. The molecule has 6 nitrogen and oxygen atoms in total. The van der Waals surface area contributed by atoms with Crippen LogP contribution in [0.4, 0.5) is 5.69 Å². The van der Waals surface area contributed by atoms with Crippen LogP contribution in [-0.2, 0) is 9.47 Å². The van der Waals surface area contributed by atoms with E-state index in [0.717, 1.165) is 25.2 Å². The van der Waals surface area contributed by atoms with Gasteiger partial charge in [0.1, 0.15) is 0 Å². The molecule has 0 heterocycles. The van der Waals surface area contributed by atoms with E-state index < -0.39 is 0 Å². The van der Waals surface area contributed by atoms with Gasteiger partial charge in [0.15, 0.2) is 5.84 Å². The van der Waals surface area contributed by atoms with Gasteiger partial charge in [-0.05, 0) is 24.6 Å². The molecule has 1 aromatic rings. The lowest BCUT2D eigenvalue weighted by Crippen LogP contribution is -2.29. The Labute approximate surface area is 130 Å². The van der Waals surface area contributed by atoms with Gasteiger partial charge in [-0.15, -0.1) is 0 Å². The first-order chi connectivity index (χ1) is 10.1. The molecule has 0 spiro atoms. The molecule has 0 aromatic heterocycles. The van der Waals surface area contributed by atoms with E-state index in [4.69, 9.17) is 32.0 Å². The minimum absolute atomic E-state index is 0.0336. The van der Waals surface area contributed by atoms with Crippen molar-refractivity contribution in [2.45, 2.75) is 6.42 Å². The monoisotopic (exact) mass is 315 g/mol. The molecule has 1 rings (SSSR count). The zero-order chi connectivity index (χ0) is 15.7. The number of nitrogens with zero attached hydrogens (tertiary/aromatic N) is 2. The number of ether oxygens (including phenoxy) is 2. The summed E-state index contributed by atoms with van der Waals surface area (Å²) < 4.78 is 10.2. The quantitative estimate of drug-likeness (QED) is 0.239. The molecular formula is C14H22ClN3O3. The Morgan fingerprint density at radius 3 is 2.57 bits per heavy atom. The standard InChI is InChI=1S/C14H22ClN3O3/c1-20-8-3-6-18(7-9-21-2)13-5-4-11(10-12(13)15)14(16)17-19/h4-5,10,19H,3,6-9H2,1-2H3,(H2,16,17). The van der Waals surface area contributed by atoms with Gasteiger partial charge in [0.05, 0.1) is 17.3 Å². The third-order valence-corrected chi connectivity index (χ3v) is 3.34. The number of anilines is 1. The molecule has 118 valence electrons. The first-order valence-corrected chi connectivity index (χ1v) is 7.02. The third-order valence-electron chi connectivity index (χ3n) is 3.03. The average Bonchev–Trinajstić information content (AvgIpc) is 2.50. The van der Waals surface area contributed by atoms with Crippen molar-refractivity contribution in [3.05, 3.63) is 28.8 Å². The van der Waals surface area contributed by atoms with E-state index >= 15 is 0 Å². The summed E-state index contributed by atoms with van der Waals surface area (Å²) in [6.45, 7) is 2.82. The molecule has 0 bridgehead atoms. The minimum Gasteiger partial charge on any atom is -0.409 e. The van der Waals surface area contributed by atoms with Crippen LogP contribution in [0.25, 0.3) is 0 Å². The first kappa shape index (κ1) is 17.6. The number of hydrogen-bond acceptors (Lipinski definition) is 5. The highest BCUT2D eigenvalue weighted by Crippen LogP contribution is 2.27. The summed E-state index contributed by atoms with van der Waals surface area (Å²) in [5.74, 6) is 0.0336. The number of amidine groups is 1. The van der Waals surface area contributed by atoms with Crippen molar-refractivity contribution in [2.75, 3.05) is 45.4 Å². The van der Waals surface area contributed by atoms with E-state index in [9.17, 15) is 0 Å². The maximum Gasteiger partial charge on any atom is 0.170 e. The van der Waals surface area contributed by atoms with Crippen molar-refractivity contribution in [2.24, 2.45) is 10.9 Å². The van der Waals surface area contributed by atoms with E-state index in [1.54, 1.807) is 26.4 Å². The van der Waals surface area contributed by atoms with Crippen molar-refractivity contribution in [1.29, 1.82) is 0 Å². The van der Waals surface area contributed by atoms with Gasteiger partial charge in [-0.3, -0.25) is 0 Å². The molecule has 0 amide bonds. The summed E-state index contributed by atoms with van der Waals surface area (Å²) in [4.78, 5) is 2.13. The van der Waals surface area contributed by atoms with Crippen LogP contribution in [0.15, 0.2) is 23.4 Å². The Morgan fingerprint density at radius 2 is 2.00 bits per heavy atom. The predicted molar refractivity (Wildman–Crippen MR) is 84.5 cm³/mol. The Hall–Kier alpha value is -1.50. The van der Waals surface area contributed by atoms with E-state index in [0.29, 0.717) is 23.8 Å². The highest BCUT2D eigenvalue weighted by molar-refractivity contribution is 6.33. The largest absolute Gasteiger partial charge is 0.409 e. The van der Waals surface area contributed by atoms with Crippen LogP contribution >= 0.6 is 11.6 Å². The summed E-state index contributed by atoms with van der Waals surface area (Å²) in [5, 5.41) is 12.2. The molecule has 0 aliphatic rings. The molecule has 0 unspecified atom stereocenters. The van der Waals surface area contributed by atoms with E-state index in [-0.39, 0.29) is 5.84 Å². The zero-order valence-electron chi connectivity index (χ0n) is 12.4. The number of methoxy groups -OCH3 is 2. The SMILES string of the molecule is COCCCN(CCOC)c1ccc(C(N)=NO)cc1Cl. The lowest BCUT2D eigenvalue weighted by Gasteiger charge is -2.25. The van der Waals surface area contributed by atoms with Crippen molar-refractivity contribution < 1.29 is 14.7 Å². The number of benzene rings is 1. The first-order valence-electron chi connectivity index (χ1n) is 6.64. The lowest BCUT2D eigenvalue weighted by molar-refractivity contribution is 0.191. The number of halogens is 1. The van der Waals surface area contributed by atoms with Gasteiger partial charge in [0.25, 0.3) is 0 Å². The van der Waals surface area contributed by atoms with Crippen molar-refractivity contribution in [3.63, 3.8) is 0 Å². The number of nitrogens with two attached hydrogens (primary N) is 1. The normalized spacial score (nSPS) is 11.7. The van der Waals surface area contributed by atoms with Gasteiger partial charge >= 0.3 is 0 Å². The van der Waals surface area contributed by atoms with Crippen LogP contribution in [0.2, 0.25) is 5.02 Å². The van der Waals surface area contributed by atoms with Crippen molar-refractivity contribution >= 4 is 23.1 Å². The van der Waals surface area contributed by atoms with Gasteiger partial charge in [-0.1, -0.05) is 16.8 Å². The molecule has 0 fully saturated rings. The Balaban J connectivity index is 2.90. The molecule has 0 saturated carbocycles. The van der Waals surface area contributed by atoms with Gasteiger partial charge < -0.3 is 25.3 Å². The number of rotatable bonds is 9. The molecular weight excluding hydrogens is 294 g/mol. The zero-order valence-corrected chi connectivity index (χ0v) is 13.1. The van der Waals surface area contributed by atoms with Gasteiger partial charge in [0.2, 0.25) is 0 Å². The van der Waals surface area contributed by atoms with E-state index in [1.165, 1.54) is 0 Å². The molecule has 3 N–H and O–H groups in total. The summed E-state index contributed by atoms with van der Waals surface area (Å²) in [6, 6.07) is 5.31. The van der Waals surface area contributed by atoms with Crippen molar-refractivity contribution in [3.8, 4) is 0 Å². The average molecular weight is 316 g/mol. The molecule has 1 aromatic carbocycles. The Morgan fingerprint density at radius 1 is 1.29 bits per heavy atom. The lowest BCUT2D eigenvalue weighted by atomic mass is 10.1. The Bertz CT molecular complexity index is 469. The maximum atomic E-state index is 8.70. The predicted octanol–water partition coefficient (Wildman–Crippen LogP) is 1.92. The van der Waals surface area contributed by atoms with Crippen LogP contribution in [-0.4, -0.2) is 51.6 Å². The van der Waals surface area contributed by atoms with Gasteiger partial charge in [-0.2, -0.15) is 0 Å². The topological polar surface area (TPSA) is 80.3 Å². The summed E-state index contributed by atoms with van der Waals surface area (Å²) >= 11 is 6.31. The molecule has 21 heavy (non-hydrogen) atoms. The number of hydrogen-bond donors (Lipinski definition) is 2. The smallest absolute Gasteiger partial charge is 0.170 e. The van der Waals surface area contributed by atoms with Crippen LogP contribution in [0.1, 0.15) is 12.0 Å². The van der Waals surface area contributed by atoms with Crippen LogP contribution in [0.5, 0.6) is 0 Å². The molecule has 0 aliphatic heterocycles. The fourth-order valence-electron chi connectivity index (χ4n) is 1.93. The number of oxime groups is 1. The van der Waals surface area contributed by atoms with Crippen LogP contribution in [0, 0.1) is 0 Å². The Kier molecular flexibility index (Phi) is 7.89. The second-order valence-electron chi connectivity index (χ2n) is 4.48. The molecule has 7 heteroatoms. The molecule has 0 atom stereocenters. The maximum absolute atomic E-state index is 8.70. The minimum atomic E-state index is 0.0336. The van der Waals surface area contributed by atoms with E-state index in [2.05, 4.69) is 10.1 Å². The highest BCUT2D eigenvalue weighted by Gasteiger charge is 2.12. The van der Waals surface area contributed by atoms with Crippen molar-refractivity contribution in [1.82, 2.24) is 0 Å². The second-order valence-corrected chi connectivity index (χ2v) is 4.88. The summed E-state index contributed by atoms with van der Waals surface area (Å²) in [5.41, 5.74) is 7.03. The highest BCUT2D eigenvalue weighted by atomic mass is 35.5. The summed E-state index contributed by atoms with van der Waals surface area (Å²) in [6.07, 6.45) is 0.887. The molecule has 0 saturated heterocycles. The fourth-order valence-corrected chi connectivity index (χ4v) is 2.23. The van der Waals surface area contributed by atoms with Crippen LogP contribution in [0.3, 0.4) is 0 Å². The van der Waals surface area contributed by atoms with Gasteiger partial charge in [-0.25, -0.2) is 0 Å². The second kappa shape index (κ2) is 9.44. The summed E-state index contributed by atoms with van der Waals surface area (Å²) in [7, 11) is 3.34. The van der Waals surface area contributed by atoms with Crippen LogP contribution < -0.4 is 10.6 Å². The fraction of sp³-hybridized carbons (Fsp3) is 0.500. The van der Waals surface area contributed by atoms with E-state index in [1.807, 2.05) is 6.07 Å². The molecule has 0 aliphatic carbocycles. The molecule has 0 radical (unpaired) electrons.